The third-order valence-corrected chi connectivity index (χ3v) is 4.08. The van der Waals surface area contributed by atoms with E-state index in [0.717, 1.165) is 21.2 Å². The maximum Gasteiger partial charge on any atom is 0.335 e. The minimum atomic E-state index is -0.945. The van der Waals surface area contributed by atoms with Crippen LogP contribution in [-0.2, 0) is 0 Å². The highest BCUT2D eigenvalue weighted by Crippen LogP contribution is 2.24. The molecular weight excluding hydrogens is 320 g/mol. The second-order valence-corrected chi connectivity index (χ2v) is 5.41. The van der Waals surface area contributed by atoms with E-state index in [9.17, 15) is 4.79 Å². The minimum absolute atomic E-state index is 0.243. The summed E-state index contributed by atoms with van der Waals surface area (Å²) >= 11 is 3.51. The van der Waals surface area contributed by atoms with Gasteiger partial charge in [-0.3, -0.25) is 4.57 Å². The van der Waals surface area contributed by atoms with Crippen molar-refractivity contribution < 1.29 is 9.90 Å². The van der Waals surface area contributed by atoms with Gasteiger partial charge in [-0.15, -0.1) is 0 Å². The lowest BCUT2D eigenvalue weighted by molar-refractivity contribution is 0.0697. The summed E-state index contributed by atoms with van der Waals surface area (Å²) in [5.41, 5.74) is 3.93. The summed E-state index contributed by atoms with van der Waals surface area (Å²) in [6.45, 7) is 2.03. The molecule has 0 spiro atoms. The molecule has 2 aromatic carbocycles. The number of halogens is 1. The fraction of sp³-hybridized carbons (Fsp3) is 0.0667. The largest absolute Gasteiger partial charge is 0.478 e. The Morgan fingerprint density at radius 3 is 2.75 bits per heavy atom. The Labute approximate surface area is 123 Å². The molecule has 0 unspecified atom stereocenters. The molecule has 0 atom stereocenters. The summed E-state index contributed by atoms with van der Waals surface area (Å²) in [5, 5.41) is 8.99. The predicted molar refractivity (Wildman–Crippen MR) is 80.5 cm³/mol. The van der Waals surface area contributed by atoms with E-state index < -0.39 is 5.97 Å². The van der Waals surface area contributed by atoms with Gasteiger partial charge in [0.2, 0.25) is 0 Å². The van der Waals surface area contributed by atoms with Gasteiger partial charge in [-0.05, 0) is 42.8 Å². The third-order valence-electron chi connectivity index (χ3n) is 3.23. The zero-order valence-electron chi connectivity index (χ0n) is 10.7. The molecule has 0 radical (unpaired) electrons. The van der Waals surface area contributed by atoms with E-state index in [1.807, 2.05) is 29.7 Å². The van der Waals surface area contributed by atoms with Crippen LogP contribution >= 0.6 is 15.9 Å². The lowest BCUT2D eigenvalue weighted by atomic mass is 10.2. The Morgan fingerprint density at radius 1 is 1.25 bits per heavy atom. The number of benzene rings is 2. The van der Waals surface area contributed by atoms with E-state index in [0.29, 0.717) is 5.52 Å². The van der Waals surface area contributed by atoms with Crippen molar-refractivity contribution in [2.75, 3.05) is 0 Å². The number of aromatic carboxylic acids is 1. The maximum atomic E-state index is 11.0. The summed E-state index contributed by atoms with van der Waals surface area (Å²) in [6, 6.07) is 11.0. The molecule has 1 heterocycles. The van der Waals surface area contributed by atoms with Crippen LogP contribution in [0.2, 0.25) is 0 Å². The third kappa shape index (κ3) is 2.10. The van der Waals surface area contributed by atoms with Crippen molar-refractivity contribution in [1.82, 2.24) is 9.55 Å². The molecule has 0 amide bonds. The van der Waals surface area contributed by atoms with Crippen LogP contribution in [-0.4, -0.2) is 20.6 Å². The first-order valence-corrected chi connectivity index (χ1v) is 6.82. The molecule has 20 heavy (non-hydrogen) atoms. The van der Waals surface area contributed by atoms with Gasteiger partial charge < -0.3 is 5.11 Å². The highest BCUT2D eigenvalue weighted by Gasteiger charge is 2.09. The van der Waals surface area contributed by atoms with Gasteiger partial charge in [0.15, 0.2) is 0 Å². The van der Waals surface area contributed by atoms with Crippen molar-refractivity contribution in [2.45, 2.75) is 6.92 Å². The lowest BCUT2D eigenvalue weighted by Gasteiger charge is -2.06. The first-order valence-electron chi connectivity index (χ1n) is 6.03. The van der Waals surface area contributed by atoms with E-state index in [-0.39, 0.29) is 5.56 Å². The van der Waals surface area contributed by atoms with Crippen LogP contribution in [0.4, 0.5) is 0 Å². The van der Waals surface area contributed by atoms with Crippen molar-refractivity contribution in [3.63, 3.8) is 0 Å². The molecule has 0 aliphatic heterocycles. The topological polar surface area (TPSA) is 55.1 Å². The van der Waals surface area contributed by atoms with Gasteiger partial charge in [-0.1, -0.05) is 22.0 Å². The van der Waals surface area contributed by atoms with E-state index >= 15 is 0 Å². The molecular formula is C15H11BrN2O2. The normalized spacial score (nSPS) is 10.9. The quantitative estimate of drug-likeness (QED) is 0.777. The van der Waals surface area contributed by atoms with Gasteiger partial charge in [0, 0.05) is 10.2 Å². The Morgan fingerprint density at radius 2 is 2.05 bits per heavy atom. The molecule has 1 N–H and O–H groups in total. The average molecular weight is 331 g/mol. The Bertz CT molecular complexity index is 824. The van der Waals surface area contributed by atoms with Gasteiger partial charge in [0.1, 0.15) is 6.33 Å². The van der Waals surface area contributed by atoms with Crippen LogP contribution in [0.5, 0.6) is 0 Å². The van der Waals surface area contributed by atoms with Crippen molar-refractivity contribution in [3.8, 4) is 5.69 Å². The summed E-state index contributed by atoms with van der Waals surface area (Å²) in [7, 11) is 0. The molecule has 0 fully saturated rings. The van der Waals surface area contributed by atoms with Gasteiger partial charge in [-0.2, -0.15) is 0 Å². The number of hydrogen-bond acceptors (Lipinski definition) is 2. The van der Waals surface area contributed by atoms with Crippen molar-refractivity contribution in [1.29, 1.82) is 0 Å². The van der Waals surface area contributed by atoms with E-state index in [1.54, 1.807) is 24.5 Å². The van der Waals surface area contributed by atoms with Gasteiger partial charge in [0.05, 0.1) is 16.6 Å². The zero-order chi connectivity index (χ0) is 14.3. The smallest absolute Gasteiger partial charge is 0.335 e. The standard InChI is InChI=1S/C15H11BrN2O2/c1-9-2-4-11(7-12(9)16)18-8-17-13-6-10(15(19)20)3-5-14(13)18/h2-8H,1H3,(H,19,20). The maximum absolute atomic E-state index is 11.0. The van der Waals surface area contributed by atoms with Gasteiger partial charge in [0.25, 0.3) is 0 Å². The van der Waals surface area contributed by atoms with Crippen LogP contribution < -0.4 is 0 Å². The molecule has 0 aliphatic carbocycles. The summed E-state index contributed by atoms with van der Waals surface area (Å²) in [5.74, 6) is -0.945. The van der Waals surface area contributed by atoms with E-state index in [4.69, 9.17) is 5.11 Å². The molecule has 100 valence electrons. The summed E-state index contributed by atoms with van der Waals surface area (Å²) < 4.78 is 2.96. The molecule has 1 aromatic heterocycles. The SMILES string of the molecule is Cc1ccc(-n2cnc3cc(C(=O)O)ccc32)cc1Br. The molecule has 3 aromatic rings. The number of imidazole rings is 1. The van der Waals surface area contributed by atoms with Crippen molar-refractivity contribution in [3.05, 3.63) is 58.3 Å². The fourth-order valence-corrected chi connectivity index (χ4v) is 2.45. The average Bonchev–Trinajstić information content (AvgIpc) is 2.84. The zero-order valence-corrected chi connectivity index (χ0v) is 12.3. The molecule has 0 bridgehead atoms. The molecule has 5 heteroatoms. The van der Waals surface area contributed by atoms with Gasteiger partial charge in [-0.25, -0.2) is 9.78 Å². The summed E-state index contributed by atoms with van der Waals surface area (Å²) in [4.78, 5) is 15.2. The van der Waals surface area contributed by atoms with Crippen molar-refractivity contribution in [2.24, 2.45) is 0 Å². The molecule has 0 saturated carbocycles. The lowest BCUT2D eigenvalue weighted by Crippen LogP contribution is -1.96. The summed E-state index contributed by atoms with van der Waals surface area (Å²) in [6.07, 6.45) is 1.70. The highest BCUT2D eigenvalue weighted by molar-refractivity contribution is 9.10. The number of rotatable bonds is 2. The van der Waals surface area contributed by atoms with Crippen LogP contribution in [0.15, 0.2) is 47.2 Å². The highest BCUT2D eigenvalue weighted by atomic mass is 79.9. The Hall–Kier alpha value is -2.14. The second-order valence-electron chi connectivity index (χ2n) is 4.56. The molecule has 0 saturated heterocycles. The number of fused-ring (bicyclic) bond motifs is 1. The van der Waals surface area contributed by atoms with Crippen LogP contribution in [0, 0.1) is 6.92 Å². The first kappa shape index (κ1) is 12.9. The second kappa shape index (κ2) is 4.76. The number of carbonyl (C=O) groups is 1. The van der Waals surface area contributed by atoms with Crippen molar-refractivity contribution >= 4 is 32.9 Å². The number of hydrogen-bond donors (Lipinski definition) is 1. The van der Waals surface area contributed by atoms with E-state index in [2.05, 4.69) is 20.9 Å². The number of aromatic nitrogens is 2. The van der Waals surface area contributed by atoms with Crippen LogP contribution in [0.1, 0.15) is 15.9 Å². The minimum Gasteiger partial charge on any atom is -0.478 e. The fourth-order valence-electron chi connectivity index (χ4n) is 2.08. The van der Waals surface area contributed by atoms with E-state index in [1.165, 1.54) is 0 Å². The predicted octanol–water partition coefficient (Wildman–Crippen LogP) is 3.79. The number of aryl methyl sites for hydroxylation is 1. The van der Waals surface area contributed by atoms with Crippen LogP contribution in [0.3, 0.4) is 0 Å². The number of carboxylic acids is 1. The molecule has 4 nitrogen and oxygen atoms in total. The monoisotopic (exact) mass is 330 g/mol. The Kier molecular flexibility index (Phi) is 3.06. The Balaban J connectivity index is 2.17. The van der Waals surface area contributed by atoms with Gasteiger partial charge >= 0.3 is 5.97 Å². The molecule has 0 aliphatic rings. The van der Waals surface area contributed by atoms with Crippen LogP contribution in [0.25, 0.3) is 16.7 Å². The number of nitrogens with zero attached hydrogens (tertiary/aromatic N) is 2. The number of carboxylic acid groups (broad SMARTS) is 1. The molecule has 3 rings (SSSR count). The first-order chi connectivity index (χ1) is 9.56.